The molecule has 2 aromatic carbocycles. The lowest BCUT2D eigenvalue weighted by atomic mass is 10.1. The highest BCUT2D eigenvalue weighted by atomic mass is 15.1. The van der Waals surface area contributed by atoms with Gasteiger partial charge < -0.3 is 10.2 Å². The molecule has 2 nitrogen and oxygen atoms in total. The second kappa shape index (κ2) is 5.79. The van der Waals surface area contributed by atoms with Crippen LogP contribution in [0.25, 0.3) is 0 Å². The van der Waals surface area contributed by atoms with Gasteiger partial charge in [0.2, 0.25) is 0 Å². The van der Waals surface area contributed by atoms with Crippen LogP contribution in [0.5, 0.6) is 0 Å². The highest BCUT2D eigenvalue weighted by Gasteiger charge is 2.04. The van der Waals surface area contributed by atoms with Gasteiger partial charge in [-0.3, -0.25) is 0 Å². The zero-order valence-corrected chi connectivity index (χ0v) is 12.2. The Morgan fingerprint density at radius 2 is 1.79 bits per heavy atom. The molecule has 0 radical (unpaired) electrons. The van der Waals surface area contributed by atoms with E-state index in [2.05, 4.69) is 73.6 Å². The monoisotopic (exact) mass is 254 g/mol. The van der Waals surface area contributed by atoms with Crippen LogP contribution >= 0.6 is 0 Å². The largest absolute Gasteiger partial charge is 0.388 e. The summed E-state index contributed by atoms with van der Waals surface area (Å²) >= 11 is 0. The number of nitrogens with zero attached hydrogens (tertiary/aromatic N) is 1. The van der Waals surface area contributed by atoms with Gasteiger partial charge in [0.1, 0.15) is 0 Å². The molecule has 0 heterocycles. The molecule has 2 heteroatoms. The van der Waals surface area contributed by atoms with Gasteiger partial charge in [0.05, 0.1) is 0 Å². The molecule has 2 rings (SSSR count). The van der Waals surface area contributed by atoms with Crippen molar-refractivity contribution in [3.05, 3.63) is 59.2 Å². The average molecular weight is 254 g/mol. The molecule has 0 aliphatic carbocycles. The summed E-state index contributed by atoms with van der Waals surface area (Å²) in [6.45, 7) is 5.22. The molecule has 0 spiro atoms. The number of hydrogen-bond acceptors (Lipinski definition) is 2. The maximum atomic E-state index is 3.18. The van der Waals surface area contributed by atoms with Gasteiger partial charge >= 0.3 is 0 Å². The maximum absolute atomic E-state index is 3.18. The van der Waals surface area contributed by atoms with E-state index in [1.54, 1.807) is 0 Å². The molecule has 19 heavy (non-hydrogen) atoms. The third-order valence-corrected chi connectivity index (χ3v) is 3.57. The smallest absolute Gasteiger partial charge is 0.0426 e. The van der Waals surface area contributed by atoms with Crippen LogP contribution in [0.15, 0.2) is 42.5 Å². The van der Waals surface area contributed by atoms with Crippen molar-refractivity contribution in [2.75, 3.05) is 24.3 Å². The van der Waals surface area contributed by atoms with E-state index in [1.807, 2.05) is 7.05 Å². The molecule has 0 atom stereocenters. The Hall–Kier alpha value is -1.96. The van der Waals surface area contributed by atoms with Crippen LogP contribution in [0.2, 0.25) is 0 Å². The Kier molecular flexibility index (Phi) is 4.10. The van der Waals surface area contributed by atoms with E-state index in [1.165, 1.54) is 22.4 Å². The maximum Gasteiger partial charge on any atom is 0.0426 e. The lowest BCUT2D eigenvalue weighted by Gasteiger charge is -2.21. The standard InChI is InChI=1S/C17H22N2/c1-13-8-9-17(10-14(13)2)19(4)12-15-6-5-7-16(11-15)18-3/h5-11,18H,12H2,1-4H3. The fourth-order valence-corrected chi connectivity index (χ4v) is 2.15. The first kappa shape index (κ1) is 13.5. The van der Waals surface area contributed by atoms with Gasteiger partial charge in [0.15, 0.2) is 0 Å². The minimum atomic E-state index is 0.915. The molecule has 0 aliphatic rings. The second-order valence-corrected chi connectivity index (χ2v) is 5.08. The third kappa shape index (κ3) is 3.28. The molecule has 0 saturated heterocycles. The van der Waals surface area contributed by atoms with E-state index in [4.69, 9.17) is 0 Å². The lowest BCUT2D eigenvalue weighted by Crippen LogP contribution is -2.16. The van der Waals surface area contributed by atoms with Crippen molar-refractivity contribution in [2.24, 2.45) is 0 Å². The Balaban J connectivity index is 2.15. The van der Waals surface area contributed by atoms with Gasteiger partial charge in [-0.05, 0) is 54.8 Å². The van der Waals surface area contributed by atoms with Gasteiger partial charge in [-0.2, -0.15) is 0 Å². The summed E-state index contributed by atoms with van der Waals surface area (Å²) in [6, 6.07) is 15.2. The van der Waals surface area contributed by atoms with Gasteiger partial charge in [-0.1, -0.05) is 18.2 Å². The van der Waals surface area contributed by atoms with Crippen LogP contribution in [0.1, 0.15) is 16.7 Å². The first-order valence-corrected chi connectivity index (χ1v) is 6.65. The highest BCUT2D eigenvalue weighted by molar-refractivity contribution is 5.51. The molecule has 1 N–H and O–H groups in total. The first-order chi connectivity index (χ1) is 9.10. The van der Waals surface area contributed by atoms with Crippen molar-refractivity contribution in [1.82, 2.24) is 0 Å². The van der Waals surface area contributed by atoms with Crippen LogP contribution in [-0.4, -0.2) is 14.1 Å². The van der Waals surface area contributed by atoms with E-state index >= 15 is 0 Å². The predicted molar refractivity (Wildman–Crippen MR) is 84.0 cm³/mol. The molecule has 100 valence electrons. The number of benzene rings is 2. The average Bonchev–Trinajstić information content (AvgIpc) is 2.42. The Labute approximate surface area is 116 Å². The van der Waals surface area contributed by atoms with Crippen molar-refractivity contribution >= 4 is 11.4 Å². The Bertz CT molecular complexity index is 561. The summed E-state index contributed by atoms with van der Waals surface area (Å²) in [6.07, 6.45) is 0. The van der Waals surface area contributed by atoms with Crippen LogP contribution in [0, 0.1) is 13.8 Å². The summed E-state index contributed by atoms with van der Waals surface area (Å²) in [5, 5.41) is 3.18. The third-order valence-electron chi connectivity index (χ3n) is 3.57. The zero-order chi connectivity index (χ0) is 13.8. The molecule has 0 saturated carbocycles. The summed E-state index contributed by atoms with van der Waals surface area (Å²) in [4.78, 5) is 2.28. The molecular weight excluding hydrogens is 232 g/mol. The van der Waals surface area contributed by atoms with Crippen LogP contribution in [-0.2, 0) is 6.54 Å². The van der Waals surface area contributed by atoms with Gasteiger partial charge in [-0.25, -0.2) is 0 Å². The number of hydrogen-bond donors (Lipinski definition) is 1. The molecule has 0 aromatic heterocycles. The quantitative estimate of drug-likeness (QED) is 0.887. The van der Waals surface area contributed by atoms with Crippen molar-refractivity contribution in [3.8, 4) is 0 Å². The fraction of sp³-hybridized carbons (Fsp3) is 0.294. The molecule has 0 amide bonds. The lowest BCUT2D eigenvalue weighted by molar-refractivity contribution is 0.921. The summed E-state index contributed by atoms with van der Waals surface area (Å²) in [5.41, 5.74) is 6.42. The minimum absolute atomic E-state index is 0.915. The van der Waals surface area contributed by atoms with Gasteiger partial charge in [0.25, 0.3) is 0 Å². The fourth-order valence-electron chi connectivity index (χ4n) is 2.15. The normalized spacial score (nSPS) is 10.3. The van der Waals surface area contributed by atoms with Crippen molar-refractivity contribution in [3.63, 3.8) is 0 Å². The summed E-state index contributed by atoms with van der Waals surface area (Å²) in [5.74, 6) is 0. The van der Waals surface area contributed by atoms with E-state index < -0.39 is 0 Å². The van der Waals surface area contributed by atoms with Crippen LogP contribution in [0.3, 0.4) is 0 Å². The first-order valence-electron chi connectivity index (χ1n) is 6.65. The van der Waals surface area contributed by atoms with Crippen molar-refractivity contribution in [2.45, 2.75) is 20.4 Å². The summed E-state index contributed by atoms with van der Waals surface area (Å²) < 4.78 is 0. The van der Waals surface area contributed by atoms with E-state index in [0.717, 1.165) is 12.2 Å². The van der Waals surface area contributed by atoms with Gasteiger partial charge in [-0.15, -0.1) is 0 Å². The van der Waals surface area contributed by atoms with Crippen molar-refractivity contribution < 1.29 is 0 Å². The van der Waals surface area contributed by atoms with E-state index in [-0.39, 0.29) is 0 Å². The molecule has 2 aromatic rings. The van der Waals surface area contributed by atoms with Crippen LogP contribution in [0.4, 0.5) is 11.4 Å². The highest BCUT2D eigenvalue weighted by Crippen LogP contribution is 2.20. The SMILES string of the molecule is CNc1cccc(CN(C)c2ccc(C)c(C)c2)c1. The molecule has 0 fully saturated rings. The number of aryl methyl sites for hydroxylation is 2. The minimum Gasteiger partial charge on any atom is -0.388 e. The molecule has 0 unspecified atom stereocenters. The molecule has 0 bridgehead atoms. The topological polar surface area (TPSA) is 15.3 Å². The predicted octanol–water partition coefficient (Wildman–Crippen LogP) is 3.98. The number of anilines is 2. The van der Waals surface area contributed by atoms with Crippen molar-refractivity contribution in [1.29, 1.82) is 0 Å². The van der Waals surface area contributed by atoms with E-state index in [9.17, 15) is 0 Å². The van der Waals surface area contributed by atoms with Crippen LogP contribution < -0.4 is 10.2 Å². The summed E-state index contributed by atoms with van der Waals surface area (Å²) in [7, 11) is 4.09. The molecule has 0 aliphatic heterocycles. The Morgan fingerprint density at radius 1 is 1.00 bits per heavy atom. The molecular formula is C17H22N2. The number of rotatable bonds is 4. The van der Waals surface area contributed by atoms with E-state index in [0.29, 0.717) is 0 Å². The Morgan fingerprint density at radius 3 is 2.47 bits per heavy atom. The second-order valence-electron chi connectivity index (χ2n) is 5.08. The zero-order valence-electron chi connectivity index (χ0n) is 12.2. The van der Waals surface area contributed by atoms with Gasteiger partial charge in [0, 0.05) is 32.0 Å². The number of nitrogens with one attached hydrogen (secondary N) is 1.